The number of benzene rings is 1. The van der Waals surface area contributed by atoms with Gasteiger partial charge in [0.2, 0.25) is 0 Å². The van der Waals surface area contributed by atoms with E-state index in [-0.39, 0.29) is 12.0 Å². The molecule has 0 bridgehead atoms. The fourth-order valence-corrected chi connectivity index (χ4v) is 5.30. The molecular formula is C22H25BrN6O2. The third-order valence-electron chi connectivity index (χ3n) is 6.67. The Balaban J connectivity index is 1.30. The first-order valence-electron chi connectivity index (χ1n) is 10.5. The number of aliphatic hydroxyl groups is 2. The van der Waals surface area contributed by atoms with E-state index < -0.39 is 12.2 Å². The molecule has 0 radical (unpaired) electrons. The van der Waals surface area contributed by atoms with Crippen LogP contribution in [0.25, 0.3) is 10.9 Å². The predicted molar refractivity (Wildman–Crippen MR) is 124 cm³/mol. The van der Waals surface area contributed by atoms with Crippen LogP contribution in [0.1, 0.15) is 24.0 Å². The van der Waals surface area contributed by atoms with Crippen LogP contribution in [0.2, 0.25) is 0 Å². The van der Waals surface area contributed by atoms with Crippen molar-refractivity contribution in [2.75, 3.05) is 22.9 Å². The van der Waals surface area contributed by atoms with Crippen molar-refractivity contribution in [1.82, 2.24) is 15.0 Å². The summed E-state index contributed by atoms with van der Waals surface area (Å²) in [6.07, 6.45) is 2.91. The molecule has 31 heavy (non-hydrogen) atoms. The molecule has 162 valence electrons. The average molecular weight is 485 g/mol. The van der Waals surface area contributed by atoms with Crippen LogP contribution in [-0.4, -0.2) is 50.0 Å². The average Bonchev–Trinajstić information content (AvgIpc) is 3.30. The molecule has 2 aromatic heterocycles. The molecule has 1 aliphatic heterocycles. The van der Waals surface area contributed by atoms with Crippen LogP contribution in [0.3, 0.4) is 0 Å². The highest BCUT2D eigenvalue weighted by Crippen LogP contribution is 2.39. The Kier molecular flexibility index (Phi) is 5.19. The zero-order chi connectivity index (χ0) is 21.7. The van der Waals surface area contributed by atoms with E-state index in [4.69, 9.17) is 11.5 Å². The zero-order valence-corrected chi connectivity index (χ0v) is 18.5. The molecule has 4 atom stereocenters. The molecule has 8 nitrogen and oxygen atoms in total. The van der Waals surface area contributed by atoms with Gasteiger partial charge in [0.1, 0.15) is 29.9 Å². The SMILES string of the molecule is Nc1nc2cc(CC[C@H]3C[C@@H](N4CCc5c(N)ncnc54)[C@@H](O)[C@H]3O)ccc2cc1Br. The number of hydrogen-bond donors (Lipinski definition) is 4. The summed E-state index contributed by atoms with van der Waals surface area (Å²) >= 11 is 3.41. The smallest absolute Gasteiger partial charge is 0.138 e. The van der Waals surface area contributed by atoms with Crippen LogP contribution in [0, 0.1) is 5.92 Å². The Bertz CT molecular complexity index is 1140. The second-order valence-corrected chi connectivity index (χ2v) is 9.32. The van der Waals surface area contributed by atoms with Gasteiger partial charge in [-0.05, 0) is 65.2 Å². The molecule has 0 unspecified atom stereocenters. The van der Waals surface area contributed by atoms with Crippen LogP contribution in [0.4, 0.5) is 17.5 Å². The van der Waals surface area contributed by atoms with Crippen molar-refractivity contribution in [3.05, 3.63) is 46.2 Å². The Morgan fingerprint density at radius 2 is 1.94 bits per heavy atom. The highest BCUT2D eigenvalue weighted by Gasteiger charge is 2.45. The maximum Gasteiger partial charge on any atom is 0.138 e. The van der Waals surface area contributed by atoms with Crippen molar-refractivity contribution < 1.29 is 10.2 Å². The maximum absolute atomic E-state index is 10.8. The second-order valence-electron chi connectivity index (χ2n) is 8.47. The lowest BCUT2D eigenvalue weighted by Crippen LogP contribution is -2.43. The molecule has 0 spiro atoms. The highest BCUT2D eigenvalue weighted by molar-refractivity contribution is 9.10. The Hall–Kier alpha value is -2.49. The molecule has 3 heterocycles. The molecule has 3 aromatic rings. The lowest BCUT2D eigenvalue weighted by molar-refractivity contribution is 0.0131. The number of nitrogens with two attached hydrogens (primary N) is 2. The standard InChI is InChI=1S/C22H25BrN6O2/c23-15-8-12-3-1-11(7-16(12)28-21(15)25)2-4-13-9-17(19(31)18(13)30)29-6-5-14-20(24)26-10-27-22(14)29/h1,3,7-8,10,13,17-19,30-31H,2,4-6,9H2,(H2,25,28)(H2,24,26,27)/t13-,17+,18-,19+/m0/s1. The third kappa shape index (κ3) is 3.60. The Morgan fingerprint density at radius 3 is 2.77 bits per heavy atom. The quantitative estimate of drug-likeness (QED) is 0.441. The van der Waals surface area contributed by atoms with Gasteiger partial charge in [0.05, 0.1) is 22.1 Å². The molecule has 1 fully saturated rings. The number of nitrogens with zero attached hydrogens (tertiary/aromatic N) is 4. The number of aryl methyl sites for hydroxylation is 1. The summed E-state index contributed by atoms with van der Waals surface area (Å²) in [5, 5.41) is 22.5. The third-order valence-corrected chi connectivity index (χ3v) is 7.30. The number of pyridine rings is 1. The van der Waals surface area contributed by atoms with Gasteiger partial charge >= 0.3 is 0 Å². The lowest BCUT2D eigenvalue weighted by atomic mass is 9.95. The molecule has 2 aliphatic rings. The normalized spacial score (nSPS) is 25.3. The van der Waals surface area contributed by atoms with Crippen molar-refractivity contribution in [3.8, 4) is 0 Å². The van der Waals surface area contributed by atoms with Crippen LogP contribution in [0.5, 0.6) is 0 Å². The predicted octanol–water partition coefficient (Wildman–Crippen LogP) is 2.06. The number of aliphatic hydroxyl groups excluding tert-OH is 2. The summed E-state index contributed by atoms with van der Waals surface area (Å²) < 4.78 is 0.789. The first-order valence-corrected chi connectivity index (χ1v) is 11.3. The summed E-state index contributed by atoms with van der Waals surface area (Å²) in [5.41, 5.74) is 14.8. The second kappa shape index (κ2) is 7.89. The number of aromatic nitrogens is 3. The van der Waals surface area contributed by atoms with E-state index >= 15 is 0 Å². The van der Waals surface area contributed by atoms with Gasteiger partial charge in [-0.15, -0.1) is 0 Å². The number of anilines is 3. The first-order chi connectivity index (χ1) is 14.9. The summed E-state index contributed by atoms with van der Waals surface area (Å²) in [7, 11) is 0. The molecule has 0 saturated heterocycles. The molecular weight excluding hydrogens is 460 g/mol. The summed E-state index contributed by atoms with van der Waals surface area (Å²) in [5.74, 6) is 1.75. The highest BCUT2D eigenvalue weighted by atomic mass is 79.9. The van der Waals surface area contributed by atoms with Crippen molar-refractivity contribution in [3.63, 3.8) is 0 Å². The van der Waals surface area contributed by atoms with Gasteiger partial charge < -0.3 is 26.6 Å². The van der Waals surface area contributed by atoms with E-state index in [1.165, 1.54) is 6.33 Å². The van der Waals surface area contributed by atoms with E-state index in [0.29, 0.717) is 18.1 Å². The largest absolute Gasteiger partial charge is 0.390 e. The minimum absolute atomic E-state index is 0.00174. The molecule has 1 aromatic carbocycles. The summed E-state index contributed by atoms with van der Waals surface area (Å²) in [6, 6.07) is 7.96. The van der Waals surface area contributed by atoms with E-state index in [9.17, 15) is 10.2 Å². The lowest BCUT2D eigenvalue weighted by Gasteiger charge is -2.28. The van der Waals surface area contributed by atoms with Gasteiger partial charge in [0.15, 0.2) is 0 Å². The van der Waals surface area contributed by atoms with Crippen molar-refractivity contribution in [2.45, 2.75) is 43.9 Å². The Labute approximate surface area is 188 Å². The fraction of sp³-hybridized carbons (Fsp3) is 0.409. The van der Waals surface area contributed by atoms with Gasteiger partial charge in [-0.2, -0.15) is 0 Å². The zero-order valence-electron chi connectivity index (χ0n) is 16.9. The topological polar surface area (TPSA) is 134 Å². The minimum Gasteiger partial charge on any atom is -0.390 e. The van der Waals surface area contributed by atoms with E-state index in [2.05, 4.69) is 41.8 Å². The van der Waals surface area contributed by atoms with Crippen LogP contribution < -0.4 is 16.4 Å². The van der Waals surface area contributed by atoms with Crippen molar-refractivity contribution in [2.24, 2.45) is 5.92 Å². The van der Waals surface area contributed by atoms with Crippen LogP contribution in [-0.2, 0) is 12.8 Å². The summed E-state index contributed by atoms with van der Waals surface area (Å²) in [6.45, 7) is 0.729. The van der Waals surface area contributed by atoms with E-state index in [1.807, 2.05) is 18.2 Å². The van der Waals surface area contributed by atoms with Gasteiger partial charge in [-0.25, -0.2) is 15.0 Å². The minimum atomic E-state index is -0.817. The number of halogens is 1. The maximum atomic E-state index is 10.8. The van der Waals surface area contributed by atoms with Crippen LogP contribution >= 0.6 is 15.9 Å². The van der Waals surface area contributed by atoms with Crippen molar-refractivity contribution >= 4 is 44.3 Å². The van der Waals surface area contributed by atoms with Gasteiger partial charge in [-0.1, -0.05) is 12.1 Å². The molecule has 5 rings (SSSR count). The number of rotatable bonds is 4. The first kappa shape index (κ1) is 20.4. The molecule has 0 amide bonds. The fourth-order valence-electron chi connectivity index (χ4n) is 4.97. The number of fused-ring (bicyclic) bond motifs is 2. The molecule has 9 heteroatoms. The van der Waals surface area contributed by atoms with Gasteiger partial charge in [-0.3, -0.25) is 0 Å². The molecule has 1 aliphatic carbocycles. The molecule has 6 N–H and O–H groups in total. The molecule has 1 saturated carbocycles. The van der Waals surface area contributed by atoms with Gasteiger partial charge in [0, 0.05) is 17.5 Å². The van der Waals surface area contributed by atoms with Crippen molar-refractivity contribution in [1.29, 1.82) is 0 Å². The summed E-state index contributed by atoms with van der Waals surface area (Å²) in [4.78, 5) is 15.0. The van der Waals surface area contributed by atoms with E-state index in [1.54, 1.807) is 0 Å². The number of hydrogen-bond acceptors (Lipinski definition) is 8. The monoisotopic (exact) mass is 484 g/mol. The van der Waals surface area contributed by atoms with E-state index in [0.717, 1.165) is 58.1 Å². The van der Waals surface area contributed by atoms with Crippen LogP contribution in [0.15, 0.2) is 35.1 Å². The Morgan fingerprint density at radius 1 is 1.10 bits per heavy atom. The van der Waals surface area contributed by atoms with Gasteiger partial charge in [0.25, 0.3) is 0 Å². The number of nitrogen functional groups attached to an aromatic ring is 2.